The zero-order valence-electron chi connectivity index (χ0n) is 19.5. The molecule has 1 amide bonds. The maximum Gasteiger partial charge on any atom is 0.433 e. The molecule has 0 fully saturated rings. The Balaban J connectivity index is 1.57. The first kappa shape index (κ1) is 23.9. The Labute approximate surface area is 203 Å². The number of pyridine rings is 1. The van der Waals surface area contributed by atoms with Crippen molar-refractivity contribution in [3.05, 3.63) is 64.9 Å². The largest absolute Gasteiger partial charge is 0.433 e. The van der Waals surface area contributed by atoms with Crippen LogP contribution >= 0.6 is 0 Å². The molecule has 2 N–H and O–H groups in total. The number of anilines is 1. The summed E-state index contributed by atoms with van der Waals surface area (Å²) in [6.07, 6.45) is -0.940. The maximum absolute atomic E-state index is 13.8. The molecule has 9 nitrogen and oxygen atoms in total. The molecule has 1 aromatic carbocycles. The second kappa shape index (κ2) is 9.03. The van der Waals surface area contributed by atoms with Gasteiger partial charge in [-0.3, -0.25) is 9.20 Å². The monoisotopic (exact) mass is 500 g/mol. The molecule has 3 aromatic heterocycles. The number of amides is 1. The standard InChI is InChI=1S/C24H23F3N6O3/c1-32(20-11-36-10-17-14(20)3-4-21(30-17)24(25,26)27)23(34)15-8-18-16(7-13(15)5-6-35-2)31-22(28)19-9-29-12-33(18)19/h3-4,7-9,12,20H,5-6,10-11H2,1-2H3,(H2,28,31). The summed E-state index contributed by atoms with van der Waals surface area (Å²) in [4.78, 5) is 27.6. The lowest BCUT2D eigenvalue weighted by Crippen LogP contribution is -2.37. The number of carbonyl (C=O) groups excluding carboxylic acids is 1. The number of likely N-dealkylation sites (N-methyl/N-ethyl adjacent to an activating group) is 1. The number of hydrogen-bond donors (Lipinski definition) is 1. The van der Waals surface area contributed by atoms with Gasteiger partial charge in [0.15, 0.2) is 0 Å². The summed E-state index contributed by atoms with van der Waals surface area (Å²) in [5.74, 6) is -0.00925. The number of ether oxygens (including phenoxy) is 2. The van der Waals surface area contributed by atoms with E-state index in [1.807, 2.05) is 0 Å². The van der Waals surface area contributed by atoms with Crippen molar-refractivity contribution in [2.45, 2.75) is 25.2 Å². The van der Waals surface area contributed by atoms with Crippen LogP contribution in [0.4, 0.5) is 19.0 Å². The van der Waals surface area contributed by atoms with E-state index < -0.39 is 17.9 Å². The molecule has 1 aliphatic rings. The van der Waals surface area contributed by atoms with E-state index in [9.17, 15) is 18.0 Å². The predicted molar refractivity (Wildman–Crippen MR) is 124 cm³/mol. The molecular formula is C24H23F3N6O3. The highest BCUT2D eigenvalue weighted by Gasteiger charge is 2.36. The summed E-state index contributed by atoms with van der Waals surface area (Å²) in [5, 5.41) is 0. The molecule has 12 heteroatoms. The number of halogens is 3. The van der Waals surface area contributed by atoms with Crippen LogP contribution in [-0.4, -0.2) is 57.5 Å². The first-order valence-corrected chi connectivity index (χ1v) is 11.1. The minimum Gasteiger partial charge on any atom is -0.384 e. The van der Waals surface area contributed by atoms with Crippen molar-refractivity contribution in [1.82, 2.24) is 24.3 Å². The van der Waals surface area contributed by atoms with Crippen LogP contribution < -0.4 is 5.73 Å². The minimum atomic E-state index is -4.57. The van der Waals surface area contributed by atoms with E-state index in [4.69, 9.17) is 15.2 Å². The number of rotatable bonds is 5. The minimum absolute atomic E-state index is 0.0570. The van der Waals surface area contributed by atoms with E-state index in [1.165, 1.54) is 11.0 Å². The topological polar surface area (TPSA) is 108 Å². The lowest BCUT2D eigenvalue weighted by atomic mass is 9.98. The van der Waals surface area contributed by atoms with E-state index in [1.54, 1.807) is 43.2 Å². The van der Waals surface area contributed by atoms with Crippen LogP contribution in [-0.2, 0) is 28.7 Å². The average molecular weight is 500 g/mol. The Kier molecular flexibility index (Phi) is 6.00. The Hall–Kier alpha value is -3.77. The number of aromatic nitrogens is 4. The number of benzene rings is 1. The molecule has 1 aliphatic heterocycles. The third kappa shape index (κ3) is 4.11. The second-order valence-corrected chi connectivity index (χ2v) is 8.56. The van der Waals surface area contributed by atoms with Crippen molar-refractivity contribution in [2.24, 2.45) is 0 Å². The fourth-order valence-electron chi connectivity index (χ4n) is 4.48. The number of nitrogens with two attached hydrogens (primary N) is 1. The van der Waals surface area contributed by atoms with Crippen molar-refractivity contribution >= 4 is 28.3 Å². The van der Waals surface area contributed by atoms with E-state index in [2.05, 4.69) is 15.0 Å². The predicted octanol–water partition coefficient (Wildman–Crippen LogP) is 3.41. The smallest absolute Gasteiger partial charge is 0.384 e. The molecule has 0 spiro atoms. The molecule has 5 rings (SSSR count). The molecule has 0 saturated heterocycles. The molecule has 0 bridgehead atoms. The Morgan fingerprint density at radius 2 is 2.08 bits per heavy atom. The molecule has 188 valence electrons. The van der Waals surface area contributed by atoms with E-state index in [-0.39, 0.29) is 24.8 Å². The van der Waals surface area contributed by atoms with Crippen LogP contribution in [0.2, 0.25) is 0 Å². The van der Waals surface area contributed by atoms with Crippen LogP contribution in [0, 0.1) is 0 Å². The van der Waals surface area contributed by atoms with Gasteiger partial charge in [-0.1, -0.05) is 6.07 Å². The van der Waals surface area contributed by atoms with Crippen LogP contribution in [0.3, 0.4) is 0 Å². The van der Waals surface area contributed by atoms with Gasteiger partial charge in [-0.2, -0.15) is 13.2 Å². The van der Waals surface area contributed by atoms with Crippen LogP contribution in [0.15, 0.2) is 36.8 Å². The average Bonchev–Trinajstić information content (AvgIpc) is 3.36. The lowest BCUT2D eigenvalue weighted by molar-refractivity contribution is -0.141. The molecule has 0 radical (unpaired) electrons. The Morgan fingerprint density at radius 3 is 2.83 bits per heavy atom. The van der Waals surface area contributed by atoms with Gasteiger partial charge in [-0.25, -0.2) is 15.0 Å². The van der Waals surface area contributed by atoms with Gasteiger partial charge >= 0.3 is 6.18 Å². The third-order valence-electron chi connectivity index (χ3n) is 6.37. The van der Waals surface area contributed by atoms with Gasteiger partial charge in [0.25, 0.3) is 5.91 Å². The molecule has 0 aliphatic carbocycles. The van der Waals surface area contributed by atoms with Gasteiger partial charge in [0.05, 0.1) is 55.1 Å². The van der Waals surface area contributed by atoms with Crippen LogP contribution in [0.25, 0.3) is 16.6 Å². The van der Waals surface area contributed by atoms with Crippen molar-refractivity contribution in [1.29, 1.82) is 0 Å². The number of hydrogen-bond acceptors (Lipinski definition) is 7. The Morgan fingerprint density at radius 1 is 1.28 bits per heavy atom. The van der Waals surface area contributed by atoms with Crippen molar-refractivity contribution in [3.63, 3.8) is 0 Å². The zero-order valence-corrected chi connectivity index (χ0v) is 19.5. The first-order chi connectivity index (χ1) is 17.2. The van der Waals surface area contributed by atoms with Gasteiger partial charge in [-0.15, -0.1) is 0 Å². The van der Waals surface area contributed by atoms with E-state index >= 15 is 0 Å². The molecule has 1 unspecified atom stereocenters. The quantitative estimate of drug-likeness (QED) is 0.447. The normalized spacial score (nSPS) is 15.9. The van der Waals surface area contributed by atoms with Crippen LogP contribution in [0.5, 0.6) is 0 Å². The summed E-state index contributed by atoms with van der Waals surface area (Å²) < 4.78 is 52.0. The van der Waals surface area contributed by atoms with Crippen LogP contribution in [0.1, 0.15) is 38.9 Å². The molecule has 1 atom stereocenters. The number of imidazole rings is 1. The van der Waals surface area contributed by atoms with Gasteiger partial charge in [0, 0.05) is 25.3 Å². The van der Waals surface area contributed by atoms with Gasteiger partial charge in [-0.05, 0) is 30.2 Å². The summed E-state index contributed by atoms with van der Waals surface area (Å²) in [6, 6.07) is 5.22. The van der Waals surface area contributed by atoms with Crippen molar-refractivity contribution in [3.8, 4) is 0 Å². The summed E-state index contributed by atoms with van der Waals surface area (Å²) in [5.41, 5.74) is 8.75. The first-order valence-electron chi connectivity index (χ1n) is 11.1. The number of nitrogen functional groups attached to an aromatic ring is 1. The van der Waals surface area contributed by atoms with E-state index in [0.29, 0.717) is 52.1 Å². The second-order valence-electron chi connectivity index (χ2n) is 8.56. The van der Waals surface area contributed by atoms with Gasteiger partial charge in [0.1, 0.15) is 17.0 Å². The third-order valence-corrected chi connectivity index (χ3v) is 6.37. The van der Waals surface area contributed by atoms with E-state index in [0.717, 1.165) is 6.07 Å². The number of fused-ring (bicyclic) bond motifs is 4. The number of nitrogens with zero attached hydrogens (tertiary/aromatic N) is 5. The van der Waals surface area contributed by atoms with Crippen molar-refractivity contribution < 1.29 is 27.4 Å². The van der Waals surface area contributed by atoms with Gasteiger partial charge in [0.2, 0.25) is 0 Å². The number of carbonyl (C=O) groups is 1. The molecule has 4 aromatic rings. The lowest BCUT2D eigenvalue weighted by Gasteiger charge is -2.33. The number of methoxy groups -OCH3 is 1. The Bertz CT molecular complexity index is 1470. The maximum atomic E-state index is 13.8. The molecule has 0 saturated carbocycles. The summed E-state index contributed by atoms with van der Waals surface area (Å²) in [7, 11) is 3.17. The summed E-state index contributed by atoms with van der Waals surface area (Å²) in [6.45, 7) is 0.448. The highest BCUT2D eigenvalue weighted by Crippen LogP contribution is 2.34. The fourth-order valence-corrected chi connectivity index (χ4v) is 4.48. The highest BCUT2D eigenvalue weighted by atomic mass is 19.4. The summed E-state index contributed by atoms with van der Waals surface area (Å²) >= 11 is 0. The molecule has 36 heavy (non-hydrogen) atoms. The molecule has 4 heterocycles. The molecular weight excluding hydrogens is 477 g/mol. The highest BCUT2D eigenvalue weighted by molar-refractivity contribution is 6.00. The van der Waals surface area contributed by atoms with Gasteiger partial charge < -0.3 is 20.1 Å². The number of alkyl halides is 3. The zero-order chi connectivity index (χ0) is 25.6. The SMILES string of the molecule is COCCc1cc2nc(N)c3cncn3c2cc1C(=O)N(C)C1COCc2nc(C(F)(F)F)ccc21. The fraction of sp³-hybridized carbons (Fsp3) is 0.333. The van der Waals surface area contributed by atoms with Crippen molar-refractivity contribution in [2.75, 3.05) is 33.1 Å².